The van der Waals surface area contributed by atoms with E-state index in [0.29, 0.717) is 30.8 Å². The number of hydrogen-bond donors (Lipinski definition) is 1. The zero-order valence-corrected chi connectivity index (χ0v) is 19.7. The Morgan fingerprint density at radius 1 is 0.903 bits per heavy atom. The molecule has 2 rings (SSSR count). The van der Waals surface area contributed by atoms with Gasteiger partial charge < -0.3 is 9.84 Å². The van der Waals surface area contributed by atoms with E-state index in [4.69, 9.17) is 4.74 Å². The first kappa shape index (κ1) is 24.6. The number of benzene rings is 2. The molecule has 0 heterocycles. The van der Waals surface area contributed by atoms with Crippen LogP contribution < -0.4 is 4.74 Å². The Balaban J connectivity index is 2.34. The van der Waals surface area contributed by atoms with E-state index >= 15 is 0 Å². The van der Waals surface area contributed by atoms with Crippen LogP contribution in [0.1, 0.15) is 93.5 Å². The predicted octanol–water partition coefficient (Wildman–Crippen LogP) is 6.74. The normalized spacial score (nSPS) is 13.5. The standard InChI is InChI=1S/C27H36O4/c1-7-9-17-31-21-14-15-22(23(28)18-21)25(30)27(6,16-8-2)24(29)19-10-12-20(13-11-19)26(3,4)5/h10-15,18,28H,7-9,16-17H2,1-6H3. The molecule has 0 spiro atoms. The van der Waals surface area contributed by atoms with Crippen LogP contribution in [0.2, 0.25) is 0 Å². The third-order valence-corrected chi connectivity index (χ3v) is 5.75. The van der Waals surface area contributed by atoms with E-state index in [0.717, 1.165) is 18.4 Å². The molecule has 2 aromatic carbocycles. The number of carbonyl (C=O) groups excluding carboxylic acids is 2. The molecule has 0 fully saturated rings. The first-order chi connectivity index (χ1) is 14.5. The molecule has 0 amide bonds. The zero-order chi connectivity index (χ0) is 23.2. The maximum Gasteiger partial charge on any atom is 0.180 e. The molecule has 2 aromatic rings. The number of hydrogen-bond acceptors (Lipinski definition) is 4. The summed E-state index contributed by atoms with van der Waals surface area (Å²) in [5.74, 6) is -0.222. The van der Waals surface area contributed by atoms with Gasteiger partial charge in [0.2, 0.25) is 0 Å². The Bertz CT molecular complexity index is 906. The zero-order valence-electron chi connectivity index (χ0n) is 19.7. The highest BCUT2D eigenvalue weighted by atomic mass is 16.5. The summed E-state index contributed by atoms with van der Waals surface area (Å²) in [5, 5.41) is 10.5. The summed E-state index contributed by atoms with van der Waals surface area (Å²) in [5.41, 5.74) is 0.523. The SMILES string of the molecule is CCCCOc1ccc(C(=O)C(C)(CCC)C(=O)c2ccc(C(C)(C)C)cc2)c(O)c1. The van der Waals surface area contributed by atoms with Crippen molar-refractivity contribution < 1.29 is 19.4 Å². The highest BCUT2D eigenvalue weighted by Crippen LogP contribution is 2.36. The summed E-state index contributed by atoms with van der Waals surface area (Å²) < 4.78 is 5.61. The largest absolute Gasteiger partial charge is 0.507 e. The average molecular weight is 425 g/mol. The number of rotatable bonds is 10. The molecular weight excluding hydrogens is 388 g/mol. The third kappa shape index (κ3) is 5.75. The van der Waals surface area contributed by atoms with Gasteiger partial charge in [-0.2, -0.15) is 0 Å². The molecule has 31 heavy (non-hydrogen) atoms. The number of phenolic OH excluding ortho intramolecular Hbond substituents is 1. The maximum atomic E-state index is 13.5. The second kappa shape index (κ2) is 10.1. The number of unbranched alkanes of at least 4 members (excludes halogenated alkanes) is 1. The Morgan fingerprint density at radius 3 is 2.06 bits per heavy atom. The molecule has 168 valence electrons. The Kier molecular flexibility index (Phi) is 8.05. The van der Waals surface area contributed by atoms with Crippen molar-refractivity contribution in [3.05, 3.63) is 59.2 Å². The van der Waals surface area contributed by atoms with Crippen LogP contribution in [-0.4, -0.2) is 23.3 Å². The first-order valence-corrected chi connectivity index (χ1v) is 11.2. The van der Waals surface area contributed by atoms with Crippen molar-refractivity contribution in [2.75, 3.05) is 6.61 Å². The lowest BCUT2D eigenvalue weighted by Crippen LogP contribution is -2.37. The molecule has 0 aliphatic rings. The van der Waals surface area contributed by atoms with Gasteiger partial charge in [-0.05, 0) is 42.9 Å². The van der Waals surface area contributed by atoms with E-state index in [1.165, 1.54) is 6.07 Å². The van der Waals surface area contributed by atoms with Crippen molar-refractivity contribution >= 4 is 11.6 Å². The summed E-state index contributed by atoms with van der Waals surface area (Å²) in [7, 11) is 0. The van der Waals surface area contributed by atoms with E-state index in [1.807, 2.05) is 19.1 Å². The van der Waals surface area contributed by atoms with Gasteiger partial charge in [0.05, 0.1) is 17.6 Å². The smallest absolute Gasteiger partial charge is 0.180 e. The van der Waals surface area contributed by atoms with Crippen LogP contribution in [0.15, 0.2) is 42.5 Å². The van der Waals surface area contributed by atoms with Gasteiger partial charge in [0, 0.05) is 11.6 Å². The molecule has 0 saturated carbocycles. The molecule has 0 aliphatic carbocycles. The van der Waals surface area contributed by atoms with Gasteiger partial charge in [-0.3, -0.25) is 9.59 Å². The number of ether oxygens (including phenoxy) is 1. The molecule has 1 atom stereocenters. The fourth-order valence-corrected chi connectivity index (χ4v) is 3.70. The Labute approximate surface area is 186 Å². The summed E-state index contributed by atoms with van der Waals surface area (Å²) in [6.07, 6.45) is 3.00. The van der Waals surface area contributed by atoms with Crippen LogP contribution >= 0.6 is 0 Å². The van der Waals surface area contributed by atoms with Crippen LogP contribution in [0.25, 0.3) is 0 Å². The van der Waals surface area contributed by atoms with Gasteiger partial charge in [0.15, 0.2) is 11.6 Å². The molecule has 0 saturated heterocycles. The van der Waals surface area contributed by atoms with Crippen LogP contribution in [-0.2, 0) is 5.41 Å². The Hall–Kier alpha value is -2.62. The molecule has 1 unspecified atom stereocenters. The van der Waals surface area contributed by atoms with Crippen molar-refractivity contribution in [2.24, 2.45) is 5.41 Å². The van der Waals surface area contributed by atoms with Gasteiger partial charge in [-0.25, -0.2) is 0 Å². The molecule has 4 nitrogen and oxygen atoms in total. The van der Waals surface area contributed by atoms with E-state index in [1.54, 1.807) is 31.2 Å². The van der Waals surface area contributed by atoms with E-state index in [-0.39, 0.29) is 28.3 Å². The molecule has 0 bridgehead atoms. The lowest BCUT2D eigenvalue weighted by molar-refractivity contribution is 0.0670. The van der Waals surface area contributed by atoms with Crippen molar-refractivity contribution in [3.8, 4) is 11.5 Å². The first-order valence-electron chi connectivity index (χ1n) is 11.2. The maximum absolute atomic E-state index is 13.5. The minimum absolute atomic E-state index is 0.0170. The lowest BCUT2D eigenvalue weighted by atomic mass is 9.72. The number of ketones is 2. The summed E-state index contributed by atoms with van der Waals surface area (Å²) >= 11 is 0. The highest BCUT2D eigenvalue weighted by Gasteiger charge is 2.42. The minimum atomic E-state index is -1.25. The topological polar surface area (TPSA) is 63.6 Å². The van der Waals surface area contributed by atoms with Crippen LogP contribution in [0.5, 0.6) is 11.5 Å². The number of phenols is 1. The summed E-state index contributed by atoms with van der Waals surface area (Å²) in [4.78, 5) is 26.9. The van der Waals surface area contributed by atoms with Gasteiger partial charge in [0.1, 0.15) is 11.5 Å². The fourth-order valence-electron chi connectivity index (χ4n) is 3.70. The summed E-state index contributed by atoms with van der Waals surface area (Å²) in [6, 6.07) is 12.2. The minimum Gasteiger partial charge on any atom is -0.507 e. The van der Waals surface area contributed by atoms with E-state index in [2.05, 4.69) is 27.7 Å². The van der Waals surface area contributed by atoms with Crippen molar-refractivity contribution in [3.63, 3.8) is 0 Å². The molecule has 0 radical (unpaired) electrons. The van der Waals surface area contributed by atoms with Crippen molar-refractivity contribution in [2.45, 2.75) is 72.6 Å². The van der Waals surface area contributed by atoms with Gasteiger partial charge in [-0.15, -0.1) is 0 Å². The predicted molar refractivity (Wildman–Crippen MR) is 125 cm³/mol. The van der Waals surface area contributed by atoms with Crippen LogP contribution in [0.3, 0.4) is 0 Å². The van der Waals surface area contributed by atoms with E-state index in [9.17, 15) is 14.7 Å². The van der Waals surface area contributed by atoms with E-state index < -0.39 is 5.41 Å². The molecular formula is C27H36O4. The average Bonchev–Trinajstić information content (AvgIpc) is 2.72. The third-order valence-electron chi connectivity index (χ3n) is 5.75. The van der Waals surface area contributed by atoms with Crippen molar-refractivity contribution in [1.82, 2.24) is 0 Å². The molecule has 4 heteroatoms. The molecule has 0 aromatic heterocycles. The second-order valence-electron chi connectivity index (χ2n) is 9.45. The van der Waals surface area contributed by atoms with Gasteiger partial charge in [-0.1, -0.05) is 71.7 Å². The lowest BCUT2D eigenvalue weighted by Gasteiger charge is -2.27. The van der Waals surface area contributed by atoms with Gasteiger partial charge in [0.25, 0.3) is 0 Å². The monoisotopic (exact) mass is 424 g/mol. The quantitative estimate of drug-likeness (QED) is 0.261. The van der Waals surface area contributed by atoms with Crippen LogP contribution in [0.4, 0.5) is 0 Å². The number of carbonyl (C=O) groups is 2. The van der Waals surface area contributed by atoms with Crippen LogP contribution in [0, 0.1) is 5.41 Å². The van der Waals surface area contributed by atoms with Gasteiger partial charge >= 0.3 is 0 Å². The fraction of sp³-hybridized carbons (Fsp3) is 0.481. The Morgan fingerprint density at radius 2 is 1.55 bits per heavy atom. The number of Topliss-reactive ketones (excluding diaryl/α,β-unsaturated/α-hetero) is 2. The molecule has 1 N–H and O–H groups in total. The second-order valence-corrected chi connectivity index (χ2v) is 9.45. The summed E-state index contributed by atoms with van der Waals surface area (Å²) in [6.45, 7) is 12.6. The van der Waals surface area contributed by atoms with Crippen molar-refractivity contribution in [1.29, 1.82) is 0 Å². The highest BCUT2D eigenvalue weighted by molar-refractivity contribution is 6.20. The molecule has 0 aliphatic heterocycles. The number of aromatic hydroxyl groups is 1.